The average Bonchev–Trinajstić information content (AvgIpc) is 2.68. The normalized spacial score (nSPS) is 10.7. The van der Waals surface area contributed by atoms with Crippen LogP contribution in [0.5, 0.6) is 34.5 Å². The number of anilines is 2. The molecule has 0 aromatic heterocycles. The molecule has 4 aromatic carbocycles. The van der Waals surface area contributed by atoms with Crippen LogP contribution in [-0.2, 0) is 0 Å². The van der Waals surface area contributed by atoms with E-state index < -0.39 is 0 Å². The molecule has 0 saturated carbocycles. The van der Waals surface area contributed by atoms with Gasteiger partial charge < -0.3 is 31.2 Å². The van der Waals surface area contributed by atoms with E-state index in [1.54, 1.807) is 24.3 Å². The minimum absolute atomic E-state index is 0.0655. The maximum absolute atomic E-state index is 9.84. The van der Waals surface area contributed by atoms with Gasteiger partial charge in [-0.15, -0.1) is 0 Å². The van der Waals surface area contributed by atoms with Crippen molar-refractivity contribution >= 4 is 22.1 Å². The number of fused-ring (bicyclic) bond motifs is 1. The second kappa shape index (κ2) is 6.92. The minimum atomic E-state index is -0.0655. The number of nitrogens with two attached hydrogens (primary N) is 2. The van der Waals surface area contributed by atoms with Crippen molar-refractivity contribution in [3.05, 3.63) is 72.8 Å². The molecule has 4 rings (SSSR count). The Labute approximate surface area is 161 Å². The number of benzene rings is 4. The predicted octanol–water partition coefficient (Wildman–Crippen LogP) is 5.00. The molecule has 0 heterocycles. The first-order chi connectivity index (χ1) is 13.5. The van der Waals surface area contributed by atoms with E-state index in [-0.39, 0.29) is 22.9 Å². The first-order valence-corrected chi connectivity index (χ1v) is 8.55. The third-order valence-electron chi connectivity index (χ3n) is 4.27. The van der Waals surface area contributed by atoms with Crippen LogP contribution in [-0.4, -0.2) is 10.2 Å². The van der Waals surface area contributed by atoms with Gasteiger partial charge in [-0.05, 0) is 47.2 Å². The highest BCUT2D eigenvalue weighted by Gasteiger charge is 2.12. The van der Waals surface area contributed by atoms with Crippen molar-refractivity contribution in [2.45, 2.75) is 0 Å². The highest BCUT2D eigenvalue weighted by atomic mass is 16.5. The summed E-state index contributed by atoms with van der Waals surface area (Å²) in [5.41, 5.74) is 11.8. The van der Waals surface area contributed by atoms with Crippen LogP contribution in [0, 0.1) is 0 Å². The summed E-state index contributed by atoms with van der Waals surface area (Å²) in [7, 11) is 0. The Morgan fingerprint density at radius 3 is 1.39 bits per heavy atom. The fourth-order valence-corrected chi connectivity index (χ4v) is 2.79. The summed E-state index contributed by atoms with van der Waals surface area (Å²) >= 11 is 0. The first-order valence-electron chi connectivity index (χ1n) is 8.55. The van der Waals surface area contributed by atoms with Crippen LogP contribution in [0.2, 0.25) is 0 Å². The monoisotopic (exact) mass is 374 g/mol. The molecule has 4 aromatic rings. The number of rotatable bonds is 4. The Bertz CT molecular complexity index is 1080. The zero-order chi connectivity index (χ0) is 19.7. The van der Waals surface area contributed by atoms with Gasteiger partial charge in [0.05, 0.1) is 11.4 Å². The van der Waals surface area contributed by atoms with E-state index in [2.05, 4.69) is 0 Å². The van der Waals surface area contributed by atoms with E-state index in [1.165, 1.54) is 12.1 Å². The molecule has 28 heavy (non-hydrogen) atoms. The Kier molecular flexibility index (Phi) is 4.29. The van der Waals surface area contributed by atoms with Gasteiger partial charge in [0, 0.05) is 12.1 Å². The lowest BCUT2D eigenvalue weighted by molar-refractivity contribution is 0.412. The number of phenols is 2. The van der Waals surface area contributed by atoms with Crippen LogP contribution >= 0.6 is 0 Å². The second-order valence-electron chi connectivity index (χ2n) is 6.29. The molecule has 0 amide bonds. The zero-order valence-corrected chi connectivity index (χ0v) is 14.8. The van der Waals surface area contributed by atoms with E-state index >= 15 is 0 Å². The van der Waals surface area contributed by atoms with Crippen LogP contribution in [0.25, 0.3) is 10.8 Å². The van der Waals surface area contributed by atoms with Gasteiger partial charge in [0.2, 0.25) is 0 Å². The van der Waals surface area contributed by atoms with Gasteiger partial charge in [0.25, 0.3) is 0 Å². The number of hydrogen-bond acceptors (Lipinski definition) is 6. The van der Waals surface area contributed by atoms with E-state index in [9.17, 15) is 10.2 Å². The molecule has 140 valence electrons. The molecular formula is C22H18N2O4. The van der Waals surface area contributed by atoms with Gasteiger partial charge in [-0.3, -0.25) is 0 Å². The molecule has 0 bridgehead atoms. The summed E-state index contributed by atoms with van der Waals surface area (Å²) in [6.07, 6.45) is 0. The largest absolute Gasteiger partial charge is 0.506 e. The van der Waals surface area contributed by atoms with Crippen molar-refractivity contribution < 1.29 is 19.7 Å². The van der Waals surface area contributed by atoms with E-state index in [1.807, 2.05) is 36.4 Å². The highest BCUT2D eigenvalue weighted by molar-refractivity contribution is 5.86. The quantitative estimate of drug-likeness (QED) is 0.295. The number of nitrogen functional groups attached to an aromatic ring is 2. The molecule has 0 spiro atoms. The smallest absolute Gasteiger partial charge is 0.170 e. The van der Waals surface area contributed by atoms with Gasteiger partial charge in [0.1, 0.15) is 23.0 Å². The molecule has 6 N–H and O–H groups in total. The van der Waals surface area contributed by atoms with Crippen molar-refractivity contribution in [1.29, 1.82) is 0 Å². The average molecular weight is 374 g/mol. The fourth-order valence-electron chi connectivity index (χ4n) is 2.79. The predicted molar refractivity (Wildman–Crippen MR) is 109 cm³/mol. The molecular weight excluding hydrogens is 356 g/mol. The SMILES string of the molecule is Nc1ccc(Oc2cc3ccccc3cc2Oc2ccc(N)c(O)c2)cc1O. The zero-order valence-electron chi connectivity index (χ0n) is 14.8. The van der Waals surface area contributed by atoms with E-state index in [0.29, 0.717) is 23.0 Å². The van der Waals surface area contributed by atoms with Crippen molar-refractivity contribution in [1.82, 2.24) is 0 Å². The van der Waals surface area contributed by atoms with Crippen molar-refractivity contribution in [3.8, 4) is 34.5 Å². The van der Waals surface area contributed by atoms with Crippen molar-refractivity contribution in [2.24, 2.45) is 0 Å². The van der Waals surface area contributed by atoms with Gasteiger partial charge >= 0.3 is 0 Å². The van der Waals surface area contributed by atoms with Gasteiger partial charge in [0.15, 0.2) is 11.5 Å². The summed E-state index contributed by atoms with van der Waals surface area (Å²) in [6, 6.07) is 20.8. The maximum atomic E-state index is 9.84. The van der Waals surface area contributed by atoms with Gasteiger partial charge in [-0.1, -0.05) is 24.3 Å². The molecule has 0 aliphatic rings. The number of phenolic OH excluding ortho intramolecular Hbond substituents is 2. The van der Waals surface area contributed by atoms with Crippen LogP contribution in [0.15, 0.2) is 72.8 Å². The number of aromatic hydroxyl groups is 2. The second-order valence-corrected chi connectivity index (χ2v) is 6.29. The molecule has 6 nitrogen and oxygen atoms in total. The summed E-state index contributed by atoms with van der Waals surface area (Å²) in [5.74, 6) is 1.57. The summed E-state index contributed by atoms with van der Waals surface area (Å²) < 4.78 is 11.9. The van der Waals surface area contributed by atoms with Gasteiger partial charge in [-0.25, -0.2) is 0 Å². The maximum Gasteiger partial charge on any atom is 0.170 e. The fraction of sp³-hybridized carbons (Fsp3) is 0. The Morgan fingerprint density at radius 2 is 1.00 bits per heavy atom. The van der Waals surface area contributed by atoms with Crippen molar-refractivity contribution in [2.75, 3.05) is 11.5 Å². The summed E-state index contributed by atoms with van der Waals surface area (Å²) in [5, 5.41) is 21.6. The number of hydrogen-bond donors (Lipinski definition) is 4. The minimum Gasteiger partial charge on any atom is -0.506 e. The summed E-state index contributed by atoms with van der Waals surface area (Å²) in [4.78, 5) is 0. The first kappa shape index (κ1) is 17.4. The molecule has 0 aliphatic heterocycles. The Hall–Kier alpha value is -4.06. The lowest BCUT2D eigenvalue weighted by Gasteiger charge is -2.15. The molecule has 0 aliphatic carbocycles. The Morgan fingerprint density at radius 1 is 0.571 bits per heavy atom. The molecule has 0 fully saturated rings. The molecule has 6 heteroatoms. The van der Waals surface area contributed by atoms with Crippen LogP contribution in [0.4, 0.5) is 11.4 Å². The molecule has 0 atom stereocenters. The van der Waals surface area contributed by atoms with Crippen LogP contribution in [0.1, 0.15) is 0 Å². The molecule has 0 unspecified atom stereocenters. The highest BCUT2D eigenvalue weighted by Crippen LogP contribution is 2.40. The number of ether oxygens (including phenoxy) is 2. The standard InChI is InChI=1S/C22H18N2O4/c23-17-7-5-15(11-19(17)25)27-21-9-13-3-1-2-4-14(13)10-22(21)28-16-6-8-18(24)20(26)12-16/h1-12,25-26H,23-24H2. The van der Waals surface area contributed by atoms with E-state index in [4.69, 9.17) is 20.9 Å². The Balaban J connectivity index is 1.77. The third-order valence-corrected chi connectivity index (χ3v) is 4.27. The lowest BCUT2D eigenvalue weighted by Crippen LogP contribution is -1.93. The topological polar surface area (TPSA) is 111 Å². The molecule has 0 radical (unpaired) electrons. The lowest BCUT2D eigenvalue weighted by atomic mass is 10.1. The van der Waals surface area contributed by atoms with Crippen LogP contribution < -0.4 is 20.9 Å². The van der Waals surface area contributed by atoms with Gasteiger partial charge in [-0.2, -0.15) is 0 Å². The molecule has 0 saturated heterocycles. The van der Waals surface area contributed by atoms with Crippen LogP contribution in [0.3, 0.4) is 0 Å². The third kappa shape index (κ3) is 3.43. The van der Waals surface area contributed by atoms with E-state index in [0.717, 1.165) is 10.8 Å². The summed E-state index contributed by atoms with van der Waals surface area (Å²) in [6.45, 7) is 0. The van der Waals surface area contributed by atoms with Crippen molar-refractivity contribution in [3.63, 3.8) is 0 Å².